The van der Waals surface area contributed by atoms with Crippen molar-refractivity contribution in [1.82, 2.24) is 4.90 Å². The molecular weight excluding hydrogens is 378 g/mol. The van der Waals surface area contributed by atoms with Crippen LogP contribution >= 0.6 is 15.9 Å². The molecule has 25 heavy (non-hydrogen) atoms. The van der Waals surface area contributed by atoms with Gasteiger partial charge in [0.15, 0.2) is 11.6 Å². The molecule has 0 bridgehead atoms. The van der Waals surface area contributed by atoms with Crippen LogP contribution in [0, 0.1) is 0 Å². The van der Waals surface area contributed by atoms with Crippen LogP contribution in [-0.2, 0) is 0 Å². The molecule has 2 aromatic carbocycles. The van der Waals surface area contributed by atoms with E-state index in [1.54, 1.807) is 0 Å². The monoisotopic (exact) mass is 393 g/mol. The molecule has 0 aromatic heterocycles. The van der Waals surface area contributed by atoms with Crippen LogP contribution in [-0.4, -0.2) is 28.0 Å². The predicted octanol–water partition coefficient (Wildman–Crippen LogP) is 4.46. The summed E-state index contributed by atoms with van der Waals surface area (Å²) in [6.45, 7) is 2.20. The molecule has 2 aromatic rings. The van der Waals surface area contributed by atoms with Gasteiger partial charge in [0, 0.05) is 22.4 Å². The molecule has 2 aliphatic rings. The summed E-state index contributed by atoms with van der Waals surface area (Å²) < 4.78 is 0. The van der Waals surface area contributed by atoms with Crippen LogP contribution in [0.5, 0.6) is 0 Å². The molecule has 0 radical (unpaired) electrons. The van der Waals surface area contributed by atoms with Crippen LogP contribution in [0.15, 0.2) is 71.9 Å². The van der Waals surface area contributed by atoms with Crippen LogP contribution in [0.25, 0.3) is 5.57 Å². The van der Waals surface area contributed by atoms with Crippen molar-refractivity contribution in [2.75, 3.05) is 6.54 Å². The number of rotatable bonds is 3. The second-order valence-electron chi connectivity index (χ2n) is 6.24. The summed E-state index contributed by atoms with van der Waals surface area (Å²) in [5.41, 5.74) is 5.03. The van der Waals surface area contributed by atoms with Crippen molar-refractivity contribution in [3.05, 3.63) is 88.6 Å². The molecule has 0 N–H and O–H groups in total. The van der Waals surface area contributed by atoms with Gasteiger partial charge in [-0.15, -0.1) is 0 Å². The zero-order chi connectivity index (χ0) is 17.6. The largest absolute Gasteiger partial charge is 0.351 e. The summed E-state index contributed by atoms with van der Waals surface area (Å²) in [7, 11) is 0. The summed E-state index contributed by atoms with van der Waals surface area (Å²) in [6.07, 6.45) is 2.01. The summed E-state index contributed by atoms with van der Waals surface area (Å²) in [5.74, 6) is 0.0678. The van der Waals surface area contributed by atoms with E-state index in [0.717, 1.165) is 22.4 Å². The van der Waals surface area contributed by atoms with E-state index >= 15 is 0 Å². The van der Waals surface area contributed by atoms with Gasteiger partial charge in [0.05, 0.1) is 6.54 Å². The lowest BCUT2D eigenvalue weighted by molar-refractivity contribution is 0.0937. The molecular formula is C21H16BrNO2. The van der Waals surface area contributed by atoms with Crippen molar-refractivity contribution < 1.29 is 9.59 Å². The highest BCUT2D eigenvalue weighted by molar-refractivity contribution is 9.09. The first-order chi connectivity index (χ1) is 12.1. The minimum atomic E-state index is -0.305. The number of nitrogens with zero attached hydrogens (tertiary/aromatic N) is 1. The van der Waals surface area contributed by atoms with Gasteiger partial charge in [0.1, 0.15) is 4.95 Å². The Balaban J connectivity index is 1.66. The Labute approximate surface area is 154 Å². The molecule has 0 spiro atoms. The Morgan fingerprint density at radius 2 is 1.68 bits per heavy atom. The van der Waals surface area contributed by atoms with Gasteiger partial charge in [-0.3, -0.25) is 9.59 Å². The van der Waals surface area contributed by atoms with Crippen LogP contribution in [0.3, 0.4) is 0 Å². The fourth-order valence-electron chi connectivity index (χ4n) is 3.42. The first-order valence-electron chi connectivity index (χ1n) is 8.13. The average Bonchev–Trinajstić information content (AvgIpc) is 2.92. The van der Waals surface area contributed by atoms with E-state index in [1.165, 1.54) is 0 Å². The van der Waals surface area contributed by atoms with E-state index in [2.05, 4.69) is 15.9 Å². The molecule has 1 heterocycles. The highest BCUT2D eigenvalue weighted by atomic mass is 79.9. The van der Waals surface area contributed by atoms with Crippen molar-refractivity contribution in [3.63, 3.8) is 0 Å². The van der Waals surface area contributed by atoms with Crippen molar-refractivity contribution in [1.29, 1.82) is 0 Å². The highest BCUT2D eigenvalue weighted by Crippen LogP contribution is 2.42. The second kappa shape index (κ2) is 6.12. The number of Topliss-reactive ketones (excluding diaryl/α,β-unsaturated/α-hetero) is 2. The van der Waals surface area contributed by atoms with Gasteiger partial charge < -0.3 is 4.90 Å². The minimum Gasteiger partial charge on any atom is -0.351 e. The highest BCUT2D eigenvalue weighted by Gasteiger charge is 2.38. The lowest BCUT2D eigenvalue weighted by Crippen LogP contribution is -2.38. The van der Waals surface area contributed by atoms with Crippen LogP contribution in [0.1, 0.15) is 33.2 Å². The third-order valence-corrected chi connectivity index (χ3v) is 5.68. The Hall–Kier alpha value is -2.46. The molecule has 3 nitrogen and oxygen atoms in total. The quantitative estimate of drug-likeness (QED) is 0.438. The zero-order valence-electron chi connectivity index (χ0n) is 13.7. The number of hydrogen-bond donors (Lipinski definition) is 0. The van der Waals surface area contributed by atoms with Crippen LogP contribution < -0.4 is 0 Å². The molecule has 4 rings (SSSR count). The maximum absolute atomic E-state index is 12.8. The van der Waals surface area contributed by atoms with E-state index in [9.17, 15) is 9.59 Å². The molecule has 0 fully saturated rings. The van der Waals surface area contributed by atoms with Crippen LogP contribution in [0.4, 0.5) is 0 Å². The molecule has 1 unspecified atom stereocenters. The normalized spacial score (nSPS) is 18.8. The Bertz CT molecular complexity index is 943. The van der Waals surface area contributed by atoms with Gasteiger partial charge in [-0.1, -0.05) is 70.5 Å². The van der Waals surface area contributed by atoms with Crippen molar-refractivity contribution in [2.24, 2.45) is 0 Å². The number of allylic oxidation sites excluding steroid dienone is 3. The number of alkyl halides is 1. The summed E-state index contributed by atoms with van der Waals surface area (Å²) in [6, 6.07) is 16.9. The lowest BCUT2D eigenvalue weighted by atomic mass is 10.0. The minimum absolute atomic E-state index is 0.0322. The SMILES string of the molecule is CC1=CC2=C(C(=O)c3ccccc32)C(Br)N1CC(=O)c1ccccc1. The predicted molar refractivity (Wildman–Crippen MR) is 102 cm³/mol. The van der Waals surface area contributed by atoms with Crippen molar-refractivity contribution in [3.8, 4) is 0 Å². The maximum Gasteiger partial charge on any atom is 0.193 e. The number of benzene rings is 2. The maximum atomic E-state index is 12.8. The summed E-state index contributed by atoms with van der Waals surface area (Å²) in [4.78, 5) is 27.1. The molecule has 4 heteroatoms. The summed E-state index contributed by atoms with van der Waals surface area (Å²) >= 11 is 3.66. The standard InChI is InChI=1S/C21H16BrNO2/c1-13-11-17-15-9-5-6-10-16(15)20(25)19(17)21(22)23(13)12-18(24)14-7-3-2-4-8-14/h2-11,21H,12H2,1H3. The molecule has 0 saturated carbocycles. The number of carbonyl (C=O) groups is 2. The molecule has 124 valence electrons. The van der Waals surface area contributed by atoms with Gasteiger partial charge in [0.2, 0.25) is 0 Å². The second-order valence-corrected chi connectivity index (χ2v) is 7.11. The van der Waals surface area contributed by atoms with Gasteiger partial charge in [0.25, 0.3) is 0 Å². The fourth-order valence-corrected chi connectivity index (χ4v) is 4.34. The van der Waals surface area contributed by atoms with E-state index in [-0.39, 0.29) is 23.1 Å². The lowest BCUT2D eigenvalue weighted by Gasteiger charge is -2.34. The number of halogens is 1. The third-order valence-electron chi connectivity index (χ3n) is 4.72. The zero-order valence-corrected chi connectivity index (χ0v) is 15.3. The van der Waals surface area contributed by atoms with E-state index in [1.807, 2.05) is 72.5 Å². The first-order valence-corrected chi connectivity index (χ1v) is 9.05. The third kappa shape index (κ3) is 2.57. The molecule has 0 amide bonds. The molecule has 1 aliphatic carbocycles. The number of carbonyl (C=O) groups excluding carboxylic acids is 2. The van der Waals surface area contributed by atoms with E-state index in [4.69, 9.17) is 0 Å². The van der Waals surface area contributed by atoms with E-state index in [0.29, 0.717) is 11.1 Å². The molecule has 0 saturated heterocycles. The Kier molecular flexibility index (Phi) is 3.92. The van der Waals surface area contributed by atoms with Crippen LogP contribution in [0.2, 0.25) is 0 Å². The van der Waals surface area contributed by atoms with Crippen molar-refractivity contribution >= 4 is 33.1 Å². The fraction of sp³-hybridized carbons (Fsp3) is 0.143. The Morgan fingerprint density at radius 1 is 1.04 bits per heavy atom. The number of hydrogen-bond acceptors (Lipinski definition) is 3. The topological polar surface area (TPSA) is 37.4 Å². The van der Waals surface area contributed by atoms with Gasteiger partial charge in [-0.2, -0.15) is 0 Å². The van der Waals surface area contributed by atoms with E-state index < -0.39 is 0 Å². The smallest absolute Gasteiger partial charge is 0.193 e. The Morgan fingerprint density at radius 3 is 2.40 bits per heavy atom. The summed E-state index contributed by atoms with van der Waals surface area (Å²) in [5, 5.41) is 0. The van der Waals surface area contributed by atoms with Gasteiger partial charge >= 0.3 is 0 Å². The number of ketones is 2. The van der Waals surface area contributed by atoms with Crippen molar-refractivity contribution in [2.45, 2.75) is 11.9 Å². The van der Waals surface area contributed by atoms with Gasteiger partial charge in [-0.25, -0.2) is 0 Å². The average molecular weight is 394 g/mol. The number of fused-ring (bicyclic) bond motifs is 2. The van der Waals surface area contributed by atoms with Gasteiger partial charge in [-0.05, 0) is 24.1 Å². The molecule has 1 atom stereocenters. The molecule has 1 aliphatic heterocycles. The first kappa shape index (κ1) is 16.0.